The summed E-state index contributed by atoms with van der Waals surface area (Å²) in [7, 11) is 0. The number of carbonyl (C=O) groups excluding carboxylic acids is 1. The number of anilines is 2. The highest BCUT2D eigenvalue weighted by Gasteiger charge is 2.13. The molecule has 0 aliphatic carbocycles. The minimum atomic E-state index is -0.0875. The summed E-state index contributed by atoms with van der Waals surface area (Å²) in [6.45, 7) is 6.43. The van der Waals surface area contributed by atoms with Gasteiger partial charge in [-0.2, -0.15) is 5.10 Å². The highest BCUT2D eigenvalue weighted by molar-refractivity contribution is 5.98. The first-order valence-corrected chi connectivity index (χ1v) is 10.5. The zero-order valence-electron chi connectivity index (χ0n) is 18.1. The van der Waals surface area contributed by atoms with E-state index >= 15 is 0 Å². The van der Waals surface area contributed by atoms with Gasteiger partial charge in [-0.15, -0.1) is 0 Å². The second-order valence-corrected chi connectivity index (χ2v) is 7.74. The van der Waals surface area contributed by atoms with E-state index in [1.165, 1.54) is 23.6 Å². The minimum absolute atomic E-state index is 0.0875. The van der Waals surface area contributed by atoms with E-state index in [1.54, 1.807) is 6.20 Å². The quantitative estimate of drug-likeness (QED) is 0.391. The number of pyridine rings is 1. The summed E-state index contributed by atoms with van der Waals surface area (Å²) in [4.78, 5) is 16.6. The molecule has 31 heavy (non-hydrogen) atoms. The average molecular weight is 411 g/mol. The monoisotopic (exact) mass is 410 g/mol. The Morgan fingerprint density at radius 3 is 2.58 bits per heavy atom. The molecule has 0 bridgehead atoms. The van der Waals surface area contributed by atoms with Gasteiger partial charge in [0.15, 0.2) is 11.6 Å². The SMILES string of the molecule is CCc1cccc(-c2cnc(C(C)=O)c(Nc3ccn(Cc4cccc(C)c4)n3)c2)c1. The molecule has 0 aliphatic rings. The van der Waals surface area contributed by atoms with Crippen molar-refractivity contribution in [2.75, 3.05) is 5.32 Å². The third kappa shape index (κ3) is 4.89. The lowest BCUT2D eigenvalue weighted by Crippen LogP contribution is -2.05. The third-order valence-electron chi connectivity index (χ3n) is 5.22. The van der Waals surface area contributed by atoms with Gasteiger partial charge in [0.05, 0.1) is 12.2 Å². The Morgan fingerprint density at radius 1 is 1.00 bits per heavy atom. The van der Waals surface area contributed by atoms with Crippen LogP contribution in [0.4, 0.5) is 11.5 Å². The molecule has 2 aromatic carbocycles. The standard InChI is InChI=1S/C26H26N4O/c1-4-20-8-6-10-22(14-20)23-15-24(26(19(3)31)27-16-23)28-25-11-12-30(29-25)17-21-9-5-7-18(2)13-21/h5-16H,4,17H2,1-3H3,(H,28,29). The van der Waals surface area contributed by atoms with Crippen LogP contribution < -0.4 is 5.32 Å². The Morgan fingerprint density at radius 2 is 1.81 bits per heavy atom. The smallest absolute Gasteiger partial charge is 0.180 e. The predicted molar refractivity (Wildman–Crippen MR) is 125 cm³/mol. The summed E-state index contributed by atoms with van der Waals surface area (Å²) < 4.78 is 1.88. The summed E-state index contributed by atoms with van der Waals surface area (Å²) in [6.07, 6.45) is 4.66. The molecule has 0 amide bonds. The second-order valence-electron chi connectivity index (χ2n) is 7.74. The van der Waals surface area contributed by atoms with Crippen molar-refractivity contribution in [1.82, 2.24) is 14.8 Å². The summed E-state index contributed by atoms with van der Waals surface area (Å²) >= 11 is 0. The number of hydrogen-bond acceptors (Lipinski definition) is 4. The summed E-state index contributed by atoms with van der Waals surface area (Å²) in [5.41, 5.74) is 6.79. The third-order valence-corrected chi connectivity index (χ3v) is 5.22. The first kappa shape index (κ1) is 20.5. The van der Waals surface area contributed by atoms with Crippen LogP contribution in [0.1, 0.15) is 41.0 Å². The molecule has 0 saturated heterocycles. The zero-order valence-corrected chi connectivity index (χ0v) is 18.1. The first-order valence-electron chi connectivity index (χ1n) is 10.5. The molecule has 4 rings (SSSR count). The molecule has 4 aromatic rings. The fourth-order valence-electron chi connectivity index (χ4n) is 3.62. The number of nitrogens with zero attached hydrogens (tertiary/aromatic N) is 3. The Bertz CT molecular complexity index is 1230. The Hall–Kier alpha value is -3.73. The molecular formula is C26H26N4O. The molecule has 5 heteroatoms. The van der Waals surface area contributed by atoms with Crippen molar-refractivity contribution in [3.63, 3.8) is 0 Å². The van der Waals surface area contributed by atoms with Crippen molar-refractivity contribution in [1.29, 1.82) is 0 Å². The molecule has 0 radical (unpaired) electrons. The van der Waals surface area contributed by atoms with Gasteiger partial charge in [-0.1, -0.05) is 61.0 Å². The lowest BCUT2D eigenvalue weighted by atomic mass is 10.0. The van der Waals surface area contributed by atoms with Crippen molar-refractivity contribution in [2.24, 2.45) is 0 Å². The van der Waals surface area contributed by atoms with Gasteiger partial charge in [0.2, 0.25) is 0 Å². The van der Waals surface area contributed by atoms with Crippen LogP contribution in [0.5, 0.6) is 0 Å². The van der Waals surface area contributed by atoms with Crippen LogP contribution in [-0.4, -0.2) is 20.5 Å². The number of hydrogen-bond donors (Lipinski definition) is 1. The minimum Gasteiger partial charge on any atom is -0.337 e. The molecule has 0 fully saturated rings. The van der Waals surface area contributed by atoms with Gasteiger partial charge in [-0.3, -0.25) is 14.5 Å². The lowest BCUT2D eigenvalue weighted by molar-refractivity contribution is 0.101. The molecule has 0 saturated carbocycles. The van der Waals surface area contributed by atoms with E-state index in [1.807, 2.05) is 29.1 Å². The summed E-state index contributed by atoms with van der Waals surface area (Å²) in [6, 6.07) is 20.6. The highest BCUT2D eigenvalue weighted by atomic mass is 16.1. The van der Waals surface area contributed by atoms with E-state index in [0.29, 0.717) is 23.7 Å². The van der Waals surface area contributed by atoms with E-state index in [-0.39, 0.29) is 5.78 Å². The van der Waals surface area contributed by atoms with E-state index in [9.17, 15) is 4.79 Å². The Kier molecular flexibility index (Phi) is 5.94. The van der Waals surface area contributed by atoms with E-state index in [4.69, 9.17) is 0 Å². The van der Waals surface area contributed by atoms with Crippen LogP contribution >= 0.6 is 0 Å². The second kappa shape index (κ2) is 8.96. The first-order chi connectivity index (χ1) is 15.0. The van der Waals surface area contributed by atoms with Crippen LogP contribution in [0.2, 0.25) is 0 Å². The van der Waals surface area contributed by atoms with Gasteiger partial charge < -0.3 is 5.32 Å². The maximum atomic E-state index is 12.2. The van der Waals surface area contributed by atoms with Gasteiger partial charge in [0, 0.05) is 30.9 Å². The molecule has 0 atom stereocenters. The molecule has 0 aliphatic heterocycles. The zero-order chi connectivity index (χ0) is 21.8. The largest absolute Gasteiger partial charge is 0.337 e. The molecular weight excluding hydrogens is 384 g/mol. The number of Topliss-reactive ketones (excluding diaryl/α,β-unsaturated/α-hetero) is 1. The fraction of sp³-hybridized carbons (Fsp3) is 0.192. The fourth-order valence-corrected chi connectivity index (χ4v) is 3.62. The van der Waals surface area contributed by atoms with Crippen molar-refractivity contribution in [2.45, 2.75) is 33.7 Å². The van der Waals surface area contributed by atoms with Gasteiger partial charge in [-0.05, 0) is 36.1 Å². The summed E-state index contributed by atoms with van der Waals surface area (Å²) in [5.74, 6) is 0.590. The maximum absolute atomic E-state index is 12.2. The van der Waals surface area contributed by atoms with Crippen molar-refractivity contribution in [3.05, 3.63) is 95.4 Å². The lowest BCUT2D eigenvalue weighted by Gasteiger charge is -2.11. The van der Waals surface area contributed by atoms with Gasteiger partial charge in [-0.25, -0.2) is 0 Å². The number of aryl methyl sites for hydroxylation is 2. The maximum Gasteiger partial charge on any atom is 0.180 e. The molecule has 2 heterocycles. The van der Waals surface area contributed by atoms with Crippen LogP contribution in [0.25, 0.3) is 11.1 Å². The van der Waals surface area contributed by atoms with E-state index in [2.05, 4.69) is 71.7 Å². The van der Waals surface area contributed by atoms with Gasteiger partial charge >= 0.3 is 0 Å². The number of benzene rings is 2. The normalized spacial score (nSPS) is 10.8. The highest BCUT2D eigenvalue weighted by Crippen LogP contribution is 2.27. The number of nitrogens with one attached hydrogen (secondary N) is 1. The van der Waals surface area contributed by atoms with Gasteiger partial charge in [0.25, 0.3) is 0 Å². The molecule has 156 valence electrons. The van der Waals surface area contributed by atoms with Crippen LogP contribution in [0, 0.1) is 6.92 Å². The molecule has 0 spiro atoms. The molecule has 0 unspecified atom stereocenters. The summed E-state index contributed by atoms with van der Waals surface area (Å²) in [5, 5.41) is 7.92. The van der Waals surface area contributed by atoms with Crippen LogP contribution in [-0.2, 0) is 13.0 Å². The Labute approximate surface area is 182 Å². The number of carbonyl (C=O) groups is 1. The van der Waals surface area contributed by atoms with Crippen molar-refractivity contribution in [3.8, 4) is 11.1 Å². The van der Waals surface area contributed by atoms with E-state index in [0.717, 1.165) is 17.5 Å². The molecule has 1 N–H and O–H groups in total. The predicted octanol–water partition coefficient (Wildman–Crippen LogP) is 5.81. The van der Waals surface area contributed by atoms with Crippen LogP contribution in [0.15, 0.2) is 73.1 Å². The van der Waals surface area contributed by atoms with Gasteiger partial charge in [0.1, 0.15) is 5.69 Å². The number of ketones is 1. The van der Waals surface area contributed by atoms with Crippen molar-refractivity contribution < 1.29 is 4.79 Å². The van der Waals surface area contributed by atoms with E-state index < -0.39 is 0 Å². The molecule has 2 aromatic heterocycles. The van der Waals surface area contributed by atoms with Crippen molar-refractivity contribution >= 4 is 17.3 Å². The Balaban J connectivity index is 1.61. The average Bonchev–Trinajstić information content (AvgIpc) is 3.20. The number of rotatable bonds is 7. The molecule has 5 nitrogen and oxygen atoms in total. The topological polar surface area (TPSA) is 59.8 Å². The number of aromatic nitrogens is 3. The van der Waals surface area contributed by atoms with Crippen LogP contribution in [0.3, 0.4) is 0 Å².